The van der Waals surface area contributed by atoms with Crippen LogP contribution in [0.15, 0.2) is 36.5 Å². The minimum Gasteiger partial charge on any atom is -0.307 e. The molecular formula is C21H28N4. The van der Waals surface area contributed by atoms with E-state index in [1.54, 1.807) is 0 Å². The Hall–Kier alpha value is -1.78. The summed E-state index contributed by atoms with van der Waals surface area (Å²) in [6.45, 7) is 6.58. The average molecular weight is 336 g/mol. The highest BCUT2D eigenvalue weighted by molar-refractivity contribution is 5.23. The summed E-state index contributed by atoms with van der Waals surface area (Å²) in [6, 6.07) is 11.2. The predicted octanol–water partition coefficient (Wildman–Crippen LogP) is 3.45. The lowest BCUT2D eigenvalue weighted by Crippen LogP contribution is -2.35. The first-order valence-corrected chi connectivity index (χ1v) is 9.65. The van der Waals surface area contributed by atoms with Crippen LogP contribution in [0.2, 0.25) is 0 Å². The SMILES string of the molecule is C[C@@H](CN1CCc2nc([C@@H]3CCCCN3)ncc2C1)c1ccccc1. The van der Waals surface area contributed by atoms with E-state index in [9.17, 15) is 0 Å². The molecule has 1 N–H and O–H groups in total. The van der Waals surface area contributed by atoms with Gasteiger partial charge in [0.15, 0.2) is 0 Å². The molecule has 4 rings (SSSR count). The Labute approximate surface area is 150 Å². The molecule has 4 heteroatoms. The summed E-state index contributed by atoms with van der Waals surface area (Å²) >= 11 is 0. The first kappa shape index (κ1) is 16.7. The van der Waals surface area contributed by atoms with Crippen molar-refractivity contribution in [3.05, 3.63) is 59.2 Å². The number of fused-ring (bicyclic) bond motifs is 1. The van der Waals surface area contributed by atoms with Crippen LogP contribution in [0.4, 0.5) is 0 Å². The minimum atomic E-state index is 0.357. The molecule has 2 atom stereocenters. The van der Waals surface area contributed by atoms with Crippen LogP contribution in [0.25, 0.3) is 0 Å². The molecule has 1 fully saturated rings. The standard InChI is InChI=1S/C21H28N4/c1-16(17-7-3-2-4-8-17)14-25-12-10-19-18(15-25)13-23-21(24-19)20-9-5-6-11-22-20/h2-4,7-8,13,16,20,22H,5-6,9-12,14-15H2,1H3/t16-,20-/m0/s1. The highest BCUT2D eigenvalue weighted by atomic mass is 15.1. The van der Waals surface area contributed by atoms with E-state index in [-0.39, 0.29) is 0 Å². The summed E-state index contributed by atoms with van der Waals surface area (Å²) in [5, 5.41) is 3.56. The average Bonchev–Trinajstić information content (AvgIpc) is 2.69. The summed E-state index contributed by atoms with van der Waals surface area (Å²) in [7, 11) is 0. The van der Waals surface area contributed by atoms with Crippen molar-refractivity contribution in [2.24, 2.45) is 0 Å². The molecule has 2 aliphatic rings. The second-order valence-corrected chi connectivity index (χ2v) is 7.50. The molecule has 0 spiro atoms. The lowest BCUT2D eigenvalue weighted by Gasteiger charge is -2.31. The van der Waals surface area contributed by atoms with Gasteiger partial charge >= 0.3 is 0 Å². The topological polar surface area (TPSA) is 41.1 Å². The lowest BCUT2D eigenvalue weighted by molar-refractivity contribution is 0.238. The van der Waals surface area contributed by atoms with Crippen molar-refractivity contribution in [2.75, 3.05) is 19.6 Å². The zero-order valence-corrected chi connectivity index (χ0v) is 15.1. The summed E-state index contributed by atoms with van der Waals surface area (Å²) in [6.07, 6.45) is 6.84. The van der Waals surface area contributed by atoms with Crippen molar-refractivity contribution in [1.82, 2.24) is 20.2 Å². The molecule has 1 saturated heterocycles. The molecule has 3 heterocycles. The quantitative estimate of drug-likeness (QED) is 0.928. The molecule has 4 nitrogen and oxygen atoms in total. The van der Waals surface area contributed by atoms with E-state index >= 15 is 0 Å². The Balaban J connectivity index is 1.41. The van der Waals surface area contributed by atoms with Gasteiger partial charge in [-0.05, 0) is 30.9 Å². The van der Waals surface area contributed by atoms with Gasteiger partial charge in [0.1, 0.15) is 5.82 Å². The Bertz CT molecular complexity index is 694. The van der Waals surface area contributed by atoms with Crippen molar-refractivity contribution in [3.8, 4) is 0 Å². The molecule has 0 unspecified atom stereocenters. The second-order valence-electron chi connectivity index (χ2n) is 7.50. The number of nitrogens with zero attached hydrogens (tertiary/aromatic N) is 3. The highest BCUT2D eigenvalue weighted by Crippen LogP contribution is 2.24. The Morgan fingerprint density at radius 3 is 2.92 bits per heavy atom. The zero-order chi connectivity index (χ0) is 17.1. The number of hydrogen-bond acceptors (Lipinski definition) is 4. The van der Waals surface area contributed by atoms with Gasteiger partial charge < -0.3 is 5.32 Å². The number of nitrogens with one attached hydrogen (secondary N) is 1. The summed E-state index contributed by atoms with van der Waals surface area (Å²) in [4.78, 5) is 12.1. The number of hydrogen-bond donors (Lipinski definition) is 1. The van der Waals surface area contributed by atoms with Crippen LogP contribution in [-0.4, -0.2) is 34.5 Å². The van der Waals surface area contributed by atoms with Crippen LogP contribution in [0, 0.1) is 0 Å². The molecule has 132 valence electrons. The second kappa shape index (κ2) is 7.63. The van der Waals surface area contributed by atoms with Gasteiger partial charge in [-0.25, -0.2) is 9.97 Å². The zero-order valence-electron chi connectivity index (χ0n) is 15.1. The minimum absolute atomic E-state index is 0.357. The van der Waals surface area contributed by atoms with Crippen LogP contribution >= 0.6 is 0 Å². The first-order valence-electron chi connectivity index (χ1n) is 9.65. The normalized spacial score (nSPS) is 22.4. The van der Waals surface area contributed by atoms with E-state index in [1.165, 1.54) is 36.1 Å². The number of benzene rings is 1. The molecular weight excluding hydrogens is 308 g/mol. The Morgan fingerprint density at radius 1 is 1.24 bits per heavy atom. The molecule has 0 amide bonds. The number of piperidine rings is 1. The fourth-order valence-electron chi connectivity index (χ4n) is 4.06. The fourth-order valence-corrected chi connectivity index (χ4v) is 4.06. The van der Waals surface area contributed by atoms with Crippen molar-refractivity contribution in [1.29, 1.82) is 0 Å². The van der Waals surface area contributed by atoms with Gasteiger partial charge in [-0.3, -0.25) is 4.90 Å². The molecule has 0 saturated carbocycles. The van der Waals surface area contributed by atoms with E-state index in [1.807, 2.05) is 0 Å². The van der Waals surface area contributed by atoms with E-state index < -0.39 is 0 Å². The Kier molecular flexibility index (Phi) is 5.09. The van der Waals surface area contributed by atoms with Gasteiger partial charge in [0, 0.05) is 43.5 Å². The van der Waals surface area contributed by atoms with E-state index in [2.05, 4.69) is 58.7 Å². The van der Waals surface area contributed by atoms with Gasteiger partial charge in [0.2, 0.25) is 0 Å². The smallest absolute Gasteiger partial charge is 0.145 e. The maximum atomic E-state index is 4.91. The first-order chi connectivity index (χ1) is 12.3. The third-order valence-corrected chi connectivity index (χ3v) is 5.55. The Morgan fingerprint density at radius 2 is 2.12 bits per heavy atom. The molecule has 1 aromatic heterocycles. The van der Waals surface area contributed by atoms with Crippen molar-refractivity contribution >= 4 is 0 Å². The molecule has 25 heavy (non-hydrogen) atoms. The van der Waals surface area contributed by atoms with Gasteiger partial charge in [-0.1, -0.05) is 43.7 Å². The molecule has 0 bridgehead atoms. The van der Waals surface area contributed by atoms with Crippen LogP contribution in [0.3, 0.4) is 0 Å². The predicted molar refractivity (Wildman–Crippen MR) is 100 cm³/mol. The summed E-state index contributed by atoms with van der Waals surface area (Å²) in [5.74, 6) is 1.55. The van der Waals surface area contributed by atoms with Crippen LogP contribution in [0.5, 0.6) is 0 Å². The van der Waals surface area contributed by atoms with Crippen LogP contribution < -0.4 is 5.32 Å². The fraction of sp³-hybridized carbons (Fsp3) is 0.524. The van der Waals surface area contributed by atoms with Gasteiger partial charge in [-0.2, -0.15) is 0 Å². The third-order valence-electron chi connectivity index (χ3n) is 5.55. The van der Waals surface area contributed by atoms with Gasteiger partial charge in [0.05, 0.1) is 6.04 Å². The molecule has 0 aliphatic carbocycles. The summed E-state index contributed by atoms with van der Waals surface area (Å²) < 4.78 is 0. The maximum Gasteiger partial charge on any atom is 0.145 e. The monoisotopic (exact) mass is 336 g/mol. The van der Waals surface area contributed by atoms with Gasteiger partial charge in [0.25, 0.3) is 0 Å². The highest BCUT2D eigenvalue weighted by Gasteiger charge is 2.23. The third kappa shape index (κ3) is 3.91. The van der Waals surface area contributed by atoms with E-state index in [0.29, 0.717) is 12.0 Å². The van der Waals surface area contributed by atoms with E-state index in [0.717, 1.165) is 38.4 Å². The summed E-state index contributed by atoms with van der Waals surface area (Å²) in [5.41, 5.74) is 4.00. The molecule has 0 radical (unpaired) electrons. The van der Waals surface area contributed by atoms with Crippen LogP contribution in [-0.2, 0) is 13.0 Å². The van der Waals surface area contributed by atoms with Crippen molar-refractivity contribution in [3.63, 3.8) is 0 Å². The van der Waals surface area contributed by atoms with Crippen molar-refractivity contribution in [2.45, 2.75) is 51.1 Å². The van der Waals surface area contributed by atoms with Gasteiger partial charge in [-0.15, -0.1) is 0 Å². The maximum absolute atomic E-state index is 4.91. The molecule has 2 aliphatic heterocycles. The molecule has 1 aromatic carbocycles. The number of rotatable bonds is 4. The lowest BCUT2D eigenvalue weighted by atomic mass is 9.98. The van der Waals surface area contributed by atoms with Crippen molar-refractivity contribution < 1.29 is 0 Å². The van der Waals surface area contributed by atoms with E-state index in [4.69, 9.17) is 4.98 Å². The largest absolute Gasteiger partial charge is 0.307 e. The van der Waals surface area contributed by atoms with Crippen LogP contribution in [0.1, 0.15) is 60.8 Å². The molecule has 2 aromatic rings. The number of aromatic nitrogens is 2.